The predicted molar refractivity (Wildman–Crippen MR) is 76.8 cm³/mol. The molecule has 0 unspecified atom stereocenters. The second-order valence-corrected chi connectivity index (χ2v) is 6.01. The average molecular weight is 261 g/mol. The number of benzene rings is 1. The average Bonchev–Trinajstić information content (AvgIpc) is 2.70. The van der Waals surface area contributed by atoms with Gasteiger partial charge in [0, 0.05) is 12.1 Å². The largest absolute Gasteiger partial charge is 0.494 e. The third-order valence-electron chi connectivity index (χ3n) is 3.61. The van der Waals surface area contributed by atoms with Crippen molar-refractivity contribution in [3.63, 3.8) is 0 Å². The highest BCUT2D eigenvalue weighted by atomic mass is 16.5. The van der Waals surface area contributed by atoms with E-state index in [1.807, 2.05) is 31.2 Å². The van der Waals surface area contributed by atoms with Crippen LogP contribution >= 0.6 is 0 Å². The van der Waals surface area contributed by atoms with Gasteiger partial charge >= 0.3 is 0 Å². The number of ketones is 1. The van der Waals surface area contributed by atoms with Crippen LogP contribution in [0.3, 0.4) is 0 Å². The summed E-state index contributed by atoms with van der Waals surface area (Å²) in [6.45, 7) is 9.68. The van der Waals surface area contributed by atoms with Crippen molar-refractivity contribution < 1.29 is 9.53 Å². The van der Waals surface area contributed by atoms with Gasteiger partial charge < -0.3 is 4.74 Å². The van der Waals surface area contributed by atoms with Crippen LogP contribution < -0.4 is 4.74 Å². The second-order valence-electron chi connectivity index (χ2n) is 6.01. The summed E-state index contributed by atoms with van der Waals surface area (Å²) in [7, 11) is 0. The molecular formula is C16H23NO2. The van der Waals surface area contributed by atoms with Crippen molar-refractivity contribution in [1.29, 1.82) is 0 Å². The molecule has 1 aromatic carbocycles. The van der Waals surface area contributed by atoms with E-state index in [1.54, 1.807) is 0 Å². The molecule has 1 saturated heterocycles. The molecular weight excluding hydrogens is 238 g/mol. The molecule has 0 bridgehead atoms. The topological polar surface area (TPSA) is 29.5 Å². The highest BCUT2D eigenvalue weighted by molar-refractivity contribution is 5.97. The van der Waals surface area contributed by atoms with Gasteiger partial charge in [-0.2, -0.15) is 0 Å². The third kappa shape index (κ3) is 3.80. The fourth-order valence-electron chi connectivity index (χ4n) is 2.56. The van der Waals surface area contributed by atoms with Crippen LogP contribution in [0.5, 0.6) is 5.75 Å². The lowest BCUT2D eigenvalue weighted by Gasteiger charge is -2.19. The monoisotopic (exact) mass is 261 g/mol. The molecule has 1 heterocycles. The summed E-state index contributed by atoms with van der Waals surface area (Å²) in [4.78, 5) is 14.4. The predicted octanol–water partition coefficient (Wildman–Crippen LogP) is 3.00. The molecule has 1 aliphatic heterocycles. The van der Waals surface area contributed by atoms with Gasteiger partial charge in [-0.3, -0.25) is 9.69 Å². The number of ether oxygens (including phenoxy) is 1. The first-order chi connectivity index (χ1) is 9.00. The van der Waals surface area contributed by atoms with Crippen molar-refractivity contribution in [3.05, 3.63) is 29.8 Å². The molecule has 1 aliphatic rings. The number of carbonyl (C=O) groups excluding carboxylic acids is 1. The van der Waals surface area contributed by atoms with E-state index >= 15 is 0 Å². The molecule has 1 aromatic rings. The molecule has 0 amide bonds. The SMILES string of the molecule is CCOc1ccc(C(=O)CN2CCC(C)(C)C2)cc1. The minimum atomic E-state index is 0.195. The van der Waals surface area contributed by atoms with Crippen LogP contribution in [-0.2, 0) is 0 Å². The van der Waals surface area contributed by atoms with Crippen LogP contribution in [0.1, 0.15) is 37.6 Å². The fourth-order valence-corrected chi connectivity index (χ4v) is 2.56. The summed E-state index contributed by atoms with van der Waals surface area (Å²) in [6, 6.07) is 7.44. The van der Waals surface area contributed by atoms with Gasteiger partial charge in [-0.25, -0.2) is 0 Å². The maximum Gasteiger partial charge on any atom is 0.176 e. The van der Waals surface area contributed by atoms with E-state index in [0.29, 0.717) is 18.6 Å². The first-order valence-electron chi connectivity index (χ1n) is 6.98. The molecule has 104 valence electrons. The third-order valence-corrected chi connectivity index (χ3v) is 3.61. The van der Waals surface area contributed by atoms with Gasteiger partial charge in [0.05, 0.1) is 13.2 Å². The Morgan fingerprint density at radius 3 is 2.53 bits per heavy atom. The zero-order chi connectivity index (χ0) is 13.9. The molecule has 2 rings (SSSR count). The van der Waals surface area contributed by atoms with Crippen molar-refractivity contribution >= 4 is 5.78 Å². The Bertz CT molecular complexity index is 437. The van der Waals surface area contributed by atoms with Gasteiger partial charge in [-0.1, -0.05) is 13.8 Å². The van der Waals surface area contributed by atoms with Crippen molar-refractivity contribution in [1.82, 2.24) is 4.90 Å². The number of hydrogen-bond donors (Lipinski definition) is 0. The van der Waals surface area contributed by atoms with E-state index in [0.717, 1.165) is 24.4 Å². The van der Waals surface area contributed by atoms with Crippen molar-refractivity contribution in [3.8, 4) is 5.75 Å². The van der Waals surface area contributed by atoms with E-state index in [4.69, 9.17) is 4.74 Å². The maximum absolute atomic E-state index is 12.2. The summed E-state index contributed by atoms with van der Waals surface area (Å²) < 4.78 is 5.38. The quantitative estimate of drug-likeness (QED) is 0.763. The van der Waals surface area contributed by atoms with E-state index in [-0.39, 0.29) is 5.78 Å². The molecule has 0 N–H and O–H groups in total. The summed E-state index contributed by atoms with van der Waals surface area (Å²) in [5, 5.41) is 0. The minimum absolute atomic E-state index is 0.195. The Balaban J connectivity index is 1.93. The smallest absolute Gasteiger partial charge is 0.176 e. The standard InChI is InChI=1S/C16H23NO2/c1-4-19-14-7-5-13(6-8-14)15(18)11-17-10-9-16(2,3)12-17/h5-8H,4,9-12H2,1-3H3. The number of carbonyl (C=O) groups is 1. The summed E-state index contributed by atoms with van der Waals surface area (Å²) in [5.41, 5.74) is 1.12. The van der Waals surface area contributed by atoms with Gasteiger partial charge in [0.2, 0.25) is 0 Å². The van der Waals surface area contributed by atoms with Gasteiger partial charge in [-0.05, 0) is 49.6 Å². The number of Topliss-reactive ketones (excluding diaryl/α,β-unsaturated/α-hetero) is 1. The molecule has 0 spiro atoms. The molecule has 19 heavy (non-hydrogen) atoms. The van der Waals surface area contributed by atoms with Gasteiger partial charge in [0.1, 0.15) is 5.75 Å². The number of rotatable bonds is 5. The van der Waals surface area contributed by atoms with E-state index < -0.39 is 0 Å². The molecule has 1 fully saturated rings. The van der Waals surface area contributed by atoms with Crippen LogP contribution in [0.4, 0.5) is 0 Å². The van der Waals surface area contributed by atoms with Gasteiger partial charge in [-0.15, -0.1) is 0 Å². The van der Waals surface area contributed by atoms with Crippen molar-refractivity contribution in [2.45, 2.75) is 27.2 Å². The minimum Gasteiger partial charge on any atom is -0.494 e. The normalized spacial score (nSPS) is 18.5. The molecule has 0 saturated carbocycles. The van der Waals surface area contributed by atoms with E-state index in [1.165, 1.54) is 6.42 Å². The fraction of sp³-hybridized carbons (Fsp3) is 0.562. The van der Waals surface area contributed by atoms with Crippen LogP contribution in [0.25, 0.3) is 0 Å². The number of nitrogens with zero attached hydrogens (tertiary/aromatic N) is 1. The van der Waals surface area contributed by atoms with Crippen molar-refractivity contribution in [2.75, 3.05) is 26.2 Å². The summed E-state index contributed by atoms with van der Waals surface area (Å²) in [6.07, 6.45) is 1.17. The molecule has 0 radical (unpaired) electrons. The summed E-state index contributed by atoms with van der Waals surface area (Å²) >= 11 is 0. The first kappa shape index (κ1) is 14.1. The lowest BCUT2D eigenvalue weighted by atomic mass is 9.93. The number of hydrogen-bond acceptors (Lipinski definition) is 3. The Labute approximate surface area is 115 Å². The molecule has 3 heteroatoms. The van der Waals surface area contributed by atoms with Gasteiger partial charge in [0.25, 0.3) is 0 Å². The summed E-state index contributed by atoms with van der Waals surface area (Å²) in [5.74, 6) is 1.02. The Morgan fingerprint density at radius 2 is 2.00 bits per heavy atom. The first-order valence-corrected chi connectivity index (χ1v) is 6.98. The second kappa shape index (κ2) is 5.74. The Morgan fingerprint density at radius 1 is 1.32 bits per heavy atom. The van der Waals surface area contributed by atoms with Crippen LogP contribution in [0, 0.1) is 5.41 Å². The maximum atomic E-state index is 12.2. The molecule has 0 aromatic heterocycles. The zero-order valence-corrected chi connectivity index (χ0v) is 12.1. The van der Waals surface area contributed by atoms with Crippen LogP contribution in [-0.4, -0.2) is 36.9 Å². The molecule has 0 atom stereocenters. The lowest BCUT2D eigenvalue weighted by Crippen LogP contribution is -2.29. The zero-order valence-electron chi connectivity index (χ0n) is 12.1. The van der Waals surface area contributed by atoms with Gasteiger partial charge in [0.15, 0.2) is 5.78 Å². The van der Waals surface area contributed by atoms with Crippen LogP contribution in [0.2, 0.25) is 0 Å². The molecule has 0 aliphatic carbocycles. The number of likely N-dealkylation sites (tertiary alicyclic amines) is 1. The Hall–Kier alpha value is -1.35. The van der Waals surface area contributed by atoms with E-state index in [9.17, 15) is 4.79 Å². The van der Waals surface area contributed by atoms with E-state index in [2.05, 4.69) is 18.7 Å². The Kier molecular flexibility index (Phi) is 4.25. The lowest BCUT2D eigenvalue weighted by molar-refractivity contribution is 0.0940. The van der Waals surface area contributed by atoms with Crippen LogP contribution in [0.15, 0.2) is 24.3 Å². The van der Waals surface area contributed by atoms with Crippen molar-refractivity contribution in [2.24, 2.45) is 5.41 Å². The molecule has 3 nitrogen and oxygen atoms in total. The highest BCUT2D eigenvalue weighted by Crippen LogP contribution is 2.28. The highest BCUT2D eigenvalue weighted by Gasteiger charge is 2.30.